The summed E-state index contributed by atoms with van der Waals surface area (Å²) in [6, 6.07) is 0. The van der Waals surface area contributed by atoms with Gasteiger partial charge in [0.05, 0.1) is 0 Å². The third-order valence-electron chi connectivity index (χ3n) is 1.16. The molecule has 0 fully saturated rings. The van der Waals surface area contributed by atoms with Gasteiger partial charge in [-0.3, -0.25) is 4.79 Å². The van der Waals surface area contributed by atoms with E-state index >= 15 is 0 Å². The molecule has 0 aromatic heterocycles. The fourth-order valence-electron chi connectivity index (χ4n) is 0.861. The number of hydrogen-bond acceptors (Lipinski definition) is 2. The van der Waals surface area contributed by atoms with Gasteiger partial charge in [0.2, 0.25) is 0 Å². The van der Waals surface area contributed by atoms with E-state index in [1.165, 1.54) is 6.92 Å². The second-order valence-corrected chi connectivity index (χ2v) is 2.61. The van der Waals surface area contributed by atoms with Crippen molar-refractivity contribution >= 4 is 11.8 Å². The van der Waals surface area contributed by atoms with Crippen LogP contribution in [0.3, 0.4) is 0 Å². The van der Waals surface area contributed by atoms with Gasteiger partial charge in [0.1, 0.15) is 5.78 Å². The number of carbonyl (C=O) groups is 2. The highest BCUT2D eigenvalue weighted by molar-refractivity contribution is 5.76. The van der Waals surface area contributed by atoms with Crippen LogP contribution in [-0.4, -0.2) is 16.9 Å². The molecule has 0 spiro atoms. The van der Waals surface area contributed by atoms with Crippen LogP contribution < -0.4 is 0 Å². The van der Waals surface area contributed by atoms with E-state index in [-0.39, 0.29) is 18.1 Å². The molecule has 0 heterocycles. The first-order valence-corrected chi connectivity index (χ1v) is 3.23. The van der Waals surface area contributed by atoms with E-state index in [9.17, 15) is 9.59 Å². The van der Waals surface area contributed by atoms with Crippen molar-refractivity contribution in [1.82, 2.24) is 0 Å². The molecule has 0 unspecified atom stereocenters. The van der Waals surface area contributed by atoms with E-state index in [0.717, 1.165) is 0 Å². The average molecular weight is 144 g/mol. The number of rotatable bonds is 4. The Kier molecular flexibility index (Phi) is 3.69. The molecule has 0 radical (unpaired) electrons. The fourth-order valence-corrected chi connectivity index (χ4v) is 0.861. The molecule has 0 aliphatic heterocycles. The van der Waals surface area contributed by atoms with Crippen molar-refractivity contribution in [2.45, 2.75) is 26.7 Å². The first-order chi connectivity index (χ1) is 4.52. The lowest BCUT2D eigenvalue weighted by Gasteiger charge is -2.03. The topological polar surface area (TPSA) is 54.4 Å². The summed E-state index contributed by atoms with van der Waals surface area (Å²) in [6.07, 6.45) is 0.450. The molecule has 1 atom stereocenters. The number of aliphatic carboxylic acids is 1. The Hall–Kier alpha value is -0.860. The third kappa shape index (κ3) is 5.28. The molecule has 0 aliphatic rings. The number of Topliss-reactive ketones (excluding diaryl/α,β-unsaturated/α-hetero) is 1. The van der Waals surface area contributed by atoms with Crippen LogP contribution in [0.4, 0.5) is 0 Å². The zero-order valence-electron chi connectivity index (χ0n) is 6.26. The summed E-state index contributed by atoms with van der Waals surface area (Å²) < 4.78 is 0. The second kappa shape index (κ2) is 4.04. The molecule has 0 aliphatic carbocycles. The molecule has 0 amide bonds. The number of carbonyl (C=O) groups excluding carboxylic acids is 1. The third-order valence-corrected chi connectivity index (χ3v) is 1.16. The molecule has 58 valence electrons. The van der Waals surface area contributed by atoms with Gasteiger partial charge in [0.15, 0.2) is 0 Å². The molecule has 0 bridgehead atoms. The largest absolute Gasteiger partial charge is 0.481 e. The van der Waals surface area contributed by atoms with Gasteiger partial charge in [-0.1, -0.05) is 6.92 Å². The molecule has 0 saturated heterocycles. The maximum Gasteiger partial charge on any atom is 0.303 e. The lowest BCUT2D eigenvalue weighted by atomic mass is 10.0. The Labute approximate surface area is 60.0 Å². The minimum absolute atomic E-state index is 0.0324. The average Bonchev–Trinajstić information content (AvgIpc) is 1.58. The van der Waals surface area contributed by atoms with Crippen LogP contribution in [0, 0.1) is 5.92 Å². The Balaban J connectivity index is 3.53. The number of ketones is 1. The van der Waals surface area contributed by atoms with Crippen molar-refractivity contribution in [3.63, 3.8) is 0 Å². The monoisotopic (exact) mass is 144 g/mol. The summed E-state index contributed by atoms with van der Waals surface area (Å²) in [5, 5.41) is 8.29. The van der Waals surface area contributed by atoms with Crippen molar-refractivity contribution in [2.24, 2.45) is 5.92 Å². The minimum atomic E-state index is -0.839. The predicted molar refractivity (Wildman–Crippen MR) is 36.7 cm³/mol. The summed E-state index contributed by atoms with van der Waals surface area (Å²) in [4.78, 5) is 20.5. The van der Waals surface area contributed by atoms with Gasteiger partial charge < -0.3 is 9.90 Å². The zero-order chi connectivity index (χ0) is 8.15. The molecule has 0 aromatic carbocycles. The summed E-state index contributed by atoms with van der Waals surface area (Å²) in [5.74, 6) is -0.822. The molecule has 3 nitrogen and oxygen atoms in total. The van der Waals surface area contributed by atoms with Crippen molar-refractivity contribution < 1.29 is 14.7 Å². The highest BCUT2D eigenvalue weighted by atomic mass is 16.4. The SMILES string of the molecule is CC(=O)C[C@@H](C)CC(=O)O. The number of hydrogen-bond donors (Lipinski definition) is 1. The van der Waals surface area contributed by atoms with Gasteiger partial charge in [-0.15, -0.1) is 0 Å². The van der Waals surface area contributed by atoms with Gasteiger partial charge in [-0.05, 0) is 12.8 Å². The number of carboxylic acids is 1. The van der Waals surface area contributed by atoms with E-state index < -0.39 is 5.97 Å². The summed E-state index contributed by atoms with van der Waals surface area (Å²) in [5.41, 5.74) is 0. The van der Waals surface area contributed by atoms with E-state index in [1.807, 2.05) is 0 Å². The molecule has 0 saturated carbocycles. The van der Waals surface area contributed by atoms with Crippen LogP contribution in [0.2, 0.25) is 0 Å². The molecular formula is C7H12O3. The van der Waals surface area contributed by atoms with Crippen LogP contribution >= 0.6 is 0 Å². The highest BCUT2D eigenvalue weighted by Crippen LogP contribution is 2.06. The zero-order valence-corrected chi connectivity index (χ0v) is 6.26. The summed E-state index contributed by atoms with van der Waals surface area (Å²) in [6.45, 7) is 3.23. The van der Waals surface area contributed by atoms with Gasteiger partial charge in [0, 0.05) is 12.8 Å². The van der Waals surface area contributed by atoms with Crippen LogP contribution in [0.25, 0.3) is 0 Å². The maximum atomic E-state index is 10.4. The van der Waals surface area contributed by atoms with Crippen molar-refractivity contribution in [1.29, 1.82) is 0 Å². The van der Waals surface area contributed by atoms with Gasteiger partial charge in [-0.25, -0.2) is 0 Å². The first kappa shape index (κ1) is 9.14. The van der Waals surface area contributed by atoms with Gasteiger partial charge >= 0.3 is 5.97 Å². The van der Waals surface area contributed by atoms with Crippen LogP contribution in [-0.2, 0) is 9.59 Å². The molecular weight excluding hydrogens is 132 g/mol. The normalized spacial score (nSPS) is 12.6. The van der Waals surface area contributed by atoms with Crippen LogP contribution in [0.5, 0.6) is 0 Å². The number of carboxylic acid groups (broad SMARTS) is 1. The lowest BCUT2D eigenvalue weighted by Crippen LogP contribution is -2.07. The summed E-state index contributed by atoms with van der Waals surface area (Å²) in [7, 11) is 0. The van der Waals surface area contributed by atoms with Gasteiger partial charge in [-0.2, -0.15) is 0 Å². The Bertz CT molecular complexity index is 124. The van der Waals surface area contributed by atoms with E-state index in [1.54, 1.807) is 6.92 Å². The maximum absolute atomic E-state index is 10.4. The smallest absolute Gasteiger partial charge is 0.303 e. The Morgan fingerprint density at radius 3 is 2.20 bits per heavy atom. The minimum Gasteiger partial charge on any atom is -0.481 e. The van der Waals surface area contributed by atoms with E-state index in [4.69, 9.17) is 5.11 Å². The first-order valence-electron chi connectivity index (χ1n) is 3.23. The van der Waals surface area contributed by atoms with E-state index in [2.05, 4.69) is 0 Å². The molecule has 1 N–H and O–H groups in total. The summed E-state index contributed by atoms with van der Waals surface area (Å²) >= 11 is 0. The standard InChI is InChI=1S/C7H12O3/c1-5(3-6(2)8)4-7(9)10/h5H,3-4H2,1-2H3,(H,9,10)/t5-/m1/s1. The second-order valence-electron chi connectivity index (χ2n) is 2.61. The predicted octanol–water partition coefficient (Wildman–Crippen LogP) is 1.08. The lowest BCUT2D eigenvalue weighted by molar-refractivity contribution is -0.138. The highest BCUT2D eigenvalue weighted by Gasteiger charge is 2.08. The van der Waals surface area contributed by atoms with Crippen LogP contribution in [0.15, 0.2) is 0 Å². The van der Waals surface area contributed by atoms with E-state index in [0.29, 0.717) is 6.42 Å². The molecule has 0 aromatic rings. The molecule has 0 rings (SSSR count). The van der Waals surface area contributed by atoms with Crippen molar-refractivity contribution in [2.75, 3.05) is 0 Å². The Morgan fingerprint density at radius 2 is 1.90 bits per heavy atom. The Morgan fingerprint density at radius 1 is 1.40 bits per heavy atom. The molecule has 3 heteroatoms. The van der Waals surface area contributed by atoms with Gasteiger partial charge in [0.25, 0.3) is 0 Å². The quantitative estimate of drug-likeness (QED) is 0.642. The molecule has 10 heavy (non-hydrogen) atoms. The fraction of sp³-hybridized carbons (Fsp3) is 0.714. The van der Waals surface area contributed by atoms with Crippen molar-refractivity contribution in [3.05, 3.63) is 0 Å². The van der Waals surface area contributed by atoms with Crippen LogP contribution in [0.1, 0.15) is 26.7 Å². The van der Waals surface area contributed by atoms with Crippen molar-refractivity contribution in [3.8, 4) is 0 Å².